The van der Waals surface area contributed by atoms with Gasteiger partial charge in [-0.05, 0) is 12.1 Å². The first-order chi connectivity index (χ1) is 7.09. The standard InChI is InChI=1S/C10H7F2NO2/c11-10(12,5-6-14)15-9-4-2-1-3-8(9)7-13/h1-4,6H,5H2. The molecule has 1 aromatic rings. The predicted molar refractivity (Wildman–Crippen MR) is 47.4 cm³/mol. The minimum atomic E-state index is -3.57. The molecule has 0 aromatic heterocycles. The molecule has 0 unspecified atom stereocenters. The van der Waals surface area contributed by atoms with Crippen molar-refractivity contribution in [3.8, 4) is 11.8 Å². The SMILES string of the molecule is N#Cc1ccccc1OC(F)(F)CC=O. The van der Waals surface area contributed by atoms with Gasteiger partial charge in [0.1, 0.15) is 24.5 Å². The topological polar surface area (TPSA) is 50.1 Å². The summed E-state index contributed by atoms with van der Waals surface area (Å²) >= 11 is 0. The van der Waals surface area contributed by atoms with Crippen molar-refractivity contribution >= 4 is 6.29 Å². The van der Waals surface area contributed by atoms with Crippen LogP contribution in [0.2, 0.25) is 0 Å². The number of carbonyl (C=O) groups excluding carboxylic acids is 1. The van der Waals surface area contributed by atoms with E-state index >= 15 is 0 Å². The Morgan fingerprint density at radius 3 is 2.73 bits per heavy atom. The predicted octanol–water partition coefficient (Wildman–Crippen LogP) is 2.12. The van der Waals surface area contributed by atoms with E-state index in [2.05, 4.69) is 4.74 Å². The second-order valence-electron chi connectivity index (χ2n) is 2.72. The molecule has 0 heterocycles. The number of aldehydes is 1. The lowest BCUT2D eigenvalue weighted by Crippen LogP contribution is -2.25. The van der Waals surface area contributed by atoms with E-state index in [0.717, 1.165) is 0 Å². The Kier molecular flexibility index (Phi) is 3.34. The van der Waals surface area contributed by atoms with Gasteiger partial charge in [-0.3, -0.25) is 0 Å². The fraction of sp³-hybridized carbons (Fsp3) is 0.200. The van der Waals surface area contributed by atoms with Crippen LogP contribution in [-0.4, -0.2) is 12.4 Å². The van der Waals surface area contributed by atoms with Crippen molar-refractivity contribution in [3.63, 3.8) is 0 Å². The summed E-state index contributed by atoms with van der Waals surface area (Å²) < 4.78 is 30.0. The molecule has 0 atom stereocenters. The van der Waals surface area contributed by atoms with E-state index in [9.17, 15) is 13.6 Å². The van der Waals surface area contributed by atoms with Crippen molar-refractivity contribution in [1.29, 1.82) is 5.26 Å². The highest BCUT2D eigenvalue weighted by Gasteiger charge is 2.31. The molecule has 1 aromatic carbocycles. The molecule has 3 nitrogen and oxygen atoms in total. The highest BCUT2D eigenvalue weighted by molar-refractivity contribution is 5.51. The average Bonchev–Trinajstić information content (AvgIpc) is 2.17. The van der Waals surface area contributed by atoms with E-state index in [1.165, 1.54) is 24.3 Å². The molecule has 0 N–H and O–H groups in total. The molecular weight excluding hydrogens is 204 g/mol. The van der Waals surface area contributed by atoms with Crippen LogP contribution in [0.4, 0.5) is 8.78 Å². The molecule has 0 saturated heterocycles. The molecule has 15 heavy (non-hydrogen) atoms. The maximum absolute atomic E-state index is 12.9. The van der Waals surface area contributed by atoms with Crippen molar-refractivity contribution in [1.82, 2.24) is 0 Å². The zero-order valence-electron chi connectivity index (χ0n) is 7.61. The van der Waals surface area contributed by atoms with Crippen LogP contribution in [0, 0.1) is 11.3 Å². The largest absolute Gasteiger partial charge is 0.431 e. The van der Waals surface area contributed by atoms with E-state index < -0.39 is 12.5 Å². The summed E-state index contributed by atoms with van der Waals surface area (Å²) in [5.41, 5.74) is 0.00285. The zero-order chi connectivity index (χ0) is 11.3. The van der Waals surface area contributed by atoms with E-state index in [1.807, 2.05) is 0 Å². The van der Waals surface area contributed by atoms with Crippen molar-refractivity contribution in [2.75, 3.05) is 0 Å². The summed E-state index contributed by atoms with van der Waals surface area (Å²) in [4.78, 5) is 9.94. The fourth-order valence-corrected chi connectivity index (χ4v) is 0.948. The van der Waals surface area contributed by atoms with Crippen LogP contribution < -0.4 is 4.74 Å². The Morgan fingerprint density at radius 1 is 1.47 bits per heavy atom. The van der Waals surface area contributed by atoms with Gasteiger partial charge >= 0.3 is 6.11 Å². The fourth-order valence-electron chi connectivity index (χ4n) is 0.948. The van der Waals surface area contributed by atoms with Gasteiger partial charge in [0.2, 0.25) is 0 Å². The van der Waals surface area contributed by atoms with Gasteiger partial charge in [0.05, 0.1) is 5.56 Å². The van der Waals surface area contributed by atoms with Crippen LogP contribution in [0.15, 0.2) is 24.3 Å². The number of nitrogens with zero attached hydrogens (tertiary/aromatic N) is 1. The third-order valence-electron chi connectivity index (χ3n) is 1.59. The summed E-state index contributed by atoms with van der Waals surface area (Å²) in [6, 6.07) is 7.31. The van der Waals surface area contributed by atoms with Gasteiger partial charge in [-0.2, -0.15) is 14.0 Å². The maximum Gasteiger partial charge on any atom is 0.404 e. The number of nitriles is 1. The van der Waals surface area contributed by atoms with Gasteiger partial charge < -0.3 is 9.53 Å². The van der Waals surface area contributed by atoms with Gasteiger partial charge in [-0.25, -0.2) is 0 Å². The molecule has 0 aliphatic carbocycles. The van der Waals surface area contributed by atoms with Gasteiger partial charge in [0.15, 0.2) is 0 Å². The van der Waals surface area contributed by atoms with Crippen LogP contribution >= 0.6 is 0 Å². The Balaban J connectivity index is 2.89. The van der Waals surface area contributed by atoms with Crippen molar-refractivity contribution in [2.24, 2.45) is 0 Å². The van der Waals surface area contributed by atoms with Crippen molar-refractivity contribution in [2.45, 2.75) is 12.5 Å². The van der Waals surface area contributed by atoms with Crippen molar-refractivity contribution in [3.05, 3.63) is 29.8 Å². The number of hydrogen-bond acceptors (Lipinski definition) is 3. The maximum atomic E-state index is 12.9. The van der Waals surface area contributed by atoms with Crippen molar-refractivity contribution < 1.29 is 18.3 Å². The lowest BCUT2D eigenvalue weighted by Gasteiger charge is -2.15. The summed E-state index contributed by atoms with van der Waals surface area (Å²) in [5.74, 6) is -0.230. The van der Waals surface area contributed by atoms with Gasteiger partial charge in [0, 0.05) is 0 Å². The van der Waals surface area contributed by atoms with Gasteiger partial charge in [-0.1, -0.05) is 12.1 Å². The van der Waals surface area contributed by atoms with Crippen LogP contribution in [-0.2, 0) is 4.79 Å². The molecule has 0 radical (unpaired) electrons. The van der Waals surface area contributed by atoms with Crippen LogP contribution in [0.5, 0.6) is 5.75 Å². The quantitative estimate of drug-likeness (QED) is 0.716. The number of rotatable bonds is 4. The summed E-state index contributed by atoms with van der Waals surface area (Å²) in [6.45, 7) is 0. The van der Waals surface area contributed by atoms with Crippen LogP contribution in [0.1, 0.15) is 12.0 Å². The number of benzene rings is 1. The summed E-state index contributed by atoms with van der Waals surface area (Å²) in [7, 11) is 0. The van der Waals surface area contributed by atoms with Gasteiger partial charge in [-0.15, -0.1) is 0 Å². The number of carbonyl (C=O) groups is 1. The molecule has 5 heteroatoms. The molecule has 0 saturated carbocycles. The Bertz CT molecular complexity index is 399. The Labute approximate surface area is 84.9 Å². The lowest BCUT2D eigenvalue weighted by atomic mass is 10.2. The summed E-state index contributed by atoms with van der Waals surface area (Å²) in [6.07, 6.45) is -4.55. The van der Waals surface area contributed by atoms with E-state index in [-0.39, 0.29) is 17.6 Å². The molecule has 0 fully saturated rings. The third-order valence-corrected chi connectivity index (χ3v) is 1.59. The first kappa shape index (κ1) is 11.1. The van der Waals surface area contributed by atoms with E-state index in [0.29, 0.717) is 0 Å². The third kappa shape index (κ3) is 3.02. The first-order valence-corrected chi connectivity index (χ1v) is 4.08. The molecule has 0 aliphatic heterocycles. The second kappa shape index (κ2) is 4.51. The Morgan fingerprint density at radius 2 is 2.13 bits per heavy atom. The molecule has 0 spiro atoms. The minimum absolute atomic E-state index is 0.00285. The zero-order valence-corrected chi connectivity index (χ0v) is 7.61. The smallest absolute Gasteiger partial charge is 0.404 e. The molecular formula is C10H7F2NO2. The highest BCUT2D eigenvalue weighted by atomic mass is 19.3. The molecule has 0 aliphatic rings. The average molecular weight is 211 g/mol. The monoisotopic (exact) mass is 211 g/mol. The van der Waals surface area contributed by atoms with Gasteiger partial charge in [0.25, 0.3) is 0 Å². The lowest BCUT2D eigenvalue weighted by molar-refractivity contribution is -0.179. The number of halogens is 2. The van der Waals surface area contributed by atoms with Crippen LogP contribution in [0.3, 0.4) is 0 Å². The number of ether oxygens (including phenoxy) is 1. The first-order valence-electron chi connectivity index (χ1n) is 4.08. The molecule has 78 valence electrons. The molecule has 1 rings (SSSR count). The van der Waals surface area contributed by atoms with E-state index in [4.69, 9.17) is 5.26 Å². The number of alkyl halides is 2. The summed E-state index contributed by atoms with van der Waals surface area (Å²) in [5, 5.41) is 8.60. The van der Waals surface area contributed by atoms with Crippen LogP contribution in [0.25, 0.3) is 0 Å². The highest BCUT2D eigenvalue weighted by Crippen LogP contribution is 2.26. The minimum Gasteiger partial charge on any atom is -0.431 e. The molecule has 0 amide bonds. The van der Waals surface area contributed by atoms with E-state index in [1.54, 1.807) is 6.07 Å². The normalized spacial score (nSPS) is 10.5. The molecule has 0 bridgehead atoms. The Hall–Kier alpha value is -1.96. The number of para-hydroxylation sites is 1. The second-order valence-corrected chi connectivity index (χ2v) is 2.72. The number of hydrogen-bond donors (Lipinski definition) is 0.